The Morgan fingerprint density at radius 2 is 1.50 bits per heavy atom. The topological polar surface area (TPSA) is 139 Å². The van der Waals surface area contributed by atoms with Crippen molar-refractivity contribution in [2.24, 2.45) is 0 Å². The molecule has 0 fully saturated rings. The first-order chi connectivity index (χ1) is 21.4. The maximum absolute atomic E-state index is 12.6. The lowest BCUT2D eigenvalue weighted by Gasteiger charge is -2.18. The van der Waals surface area contributed by atoms with Crippen LogP contribution in [0.15, 0.2) is 66.7 Å². The maximum Gasteiger partial charge on any atom is 0.260 e. The Hall–Kier alpha value is -4.71. The zero-order valence-electron chi connectivity index (χ0n) is 25.0. The van der Waals surface area contributed by atoms with Crippen molar-refractivity contribution >= 4 is 40.0 Å². The van der Waals surface area contributed by atoms with Crippen LogP contribution in [0, 0.1) is 0 Å². The number of likely N-dealkylation sites (N-methyl/N-ethyl adjacent to an activating group) is 1. The molecule has 0 unspecified atom stereocenters. The standard InChI is InChI=1S/C32H37N7O4S/c1-3-39(4-2)31(42)22-43-26-15-10-13-24(19-26)21-28(40)33-27-18-17-25(35-36-27)14-8-9-16-30-37-38-32(44-30)34-29(41)20-23-11-6-5-7-12-23/h5-7,10-13,15,17-19H,3-4,8-9,14,16,20-22H2,1-2H3,(H,33,36,40)(H,34,38,41). The van der Waals surface area contributed by atoms with E-state index in [0.717, 1.165) is 47.5 Å². The van der Waals surface area contributed by atoms with Crippen molar-refractivity contribution in [2.75, 3.05) is 30.3 Å². The molecule has 2 heterocycles. The quantitative estimate of drug-likeness (QED) is 0.176. The molecule has 3 amide bonds. The highest BCUT2D eigenvalue weighted by atomic mass is 32.1. The van der Waals surface area contributed by atoms with Crippen LogP contribution in [0.1, 0.15) is 48.5 Å². The van der Waals surface area contributed by atoms with Gasteiger partial charge in [-0.05, 0) is 68.5 Å². The Balaban J connectivity index is 1.14. The summed E-state index contributed by atoms with van der Waals surface area (Å²) >= 11 is 1.39. The summed E-state index contributed by atoms with van der Waals surface area (Å²) in [5, 5.41) is 23.6. The number of ether oxygens (including phenoxy) is 1. The molecule has 0 aliphatic heterocycles. The molecule has 0 aliphatic rings. The van der Waals surface area contributed by atoms with E-state index in [1.807, 2.05) is 56.3 Å². The maximum atomic E-state index is 12.6. The number of carbonyl (C=O) groups is 3. The van der Waals surface area contributed by atoms with E-state index >= 15 is 0 Å². The first kappa shape index (κ1) is 32.2. The van der Waals surface area contributed by atoms with Gasteiger partial charge in [-0.15, -0.1) is 15.3 Å². The van der Waals surface area contributed by atoms with Crippen LogP contribution < -0.4 is 15.4 Å². The number of nitrogens with one attached hydrogen (secondary N) is 2. The molecular weight excluding hydrogens is 578 g/mol. The zero-order valence-corrected chi connectivity index (χ0v) is 25.8. The second-order valence-electron chi connectivity index (χ2n) is 10.1. The summed E-state index contributed by atoms with van der Waals surface area (Å²) in [5.41, 5.74) is 2.54. The first-order valence-electron chi connectivity index (χ1n) is 14.7. The number of nitrogens with zero attached hydrogens (tertiary/aromatic N) is 5. The Kier molecular flexibility index (Phi) is 12.3. The third-order valence-corrected chi connectivity index (χ3v) is 7.62. The molecule has 0 bridgehead atoms. The van der Waals surface area contributed by atoms with Gasteiger partial charge in [0, 0.05) is 19.5 Å². The SMILES string of the molecule is CCN(CC)C(=O)COc1cccc(CC(=O)Nc2ccc(CCCCc3nnc(NC(=O)Cc4ccccc4)s3)nn2)c1. The van der Waals surface area contributed by atoms with Gasteiger partial charge in [-0.3, -0.25) is 14.4 Å². The van der Waals surface area contributed by atoms with Crippen molar-refractivity contribution in [3.8, 4) is 5.75 Å². The number of amides is 3. The molecule has 2 N–H and O–H groups in total. The number of aromatic nitrogens is 4. The monoisotopic (exact) mass is 615 g/mol. The van der Waals surface area contributed by atoms with Crippen LogP contribution in [0.25, 0.3) is 0 Å². The normalized spacial score (nSPS) is 10.7. The predicted octanol–water partition coefficient (Wildman–Crippen LogP) is 4.50. The third kappa shape index (κ3) is 10.5. The van der Waals surface area contributed by atoms with Gasteiger partial charge in [0.15, 0.2) is 12.4 Å². The van der Waals surface area contributed by atoms with Gasteiger partial charge in [-0.2, -0.15) is 5.10 Å². The Bertz CT molecular complexity index is 1510. The van der Waals surface area contributed by atoms with Gasteiger partial charge in [0.05, 0.1) is 18.5 Å². The molecule has 0 saturated heterocycles. The van der Waals surface area contributed by atoms with Gasteiger partial charge in [0.25, 0.3) is 5.91 Å². The Labute approximate surface area is 261 Å². The number of carbonyl (C=O) groups excluding carboxylic acids is 3. The van der Waals surface area contributed by atoms with Crippen LogP contribution in [-0.2, 0) is 40.1 Å². The molecule has 0 spiro atoms. The number of unbranched alkanes of at least 4 members (excludes halogenated alkanes) is 1. The molecule has 0 aliphatic carbocycles. The van der Waals surface area contributed by atoms with Gasteiger partial charge >= 0.3 is 0 Å². The fourth-order valence-electron chi connectivity index (χ4n) is 4.42. The fourth-order valence-corrected chi connectivity index (χ4v) is 5.22. The van der Waals surface area contributed by atoms with Crippen LogP contribution in [0.4, 0.5) is 10.9 Å². The first-order valence-corrected chi connectivity index (χ1v) is 15.5. The van der Waals surface area contributed by atoms with Crippen molar-refractivity contribution in [3.05, 3.63) is 88.6 Å². The van der Waals surface area contributed by atoms with E-state index in [4.69, 9.17) is 4.74 Å². The van der Waals surface area contributed by atoms with Crippen molar-refractivity contribution in [3.63, 3.8) is 0 Å². The van der Waals surface area contributed by atoms with E-state index in [0.29, 0.717) is 36.2 Å². The summed E-state index contributed by atoms with van der Waals surface area (Å²) in [6.07, 6.45) is 3.70. The minimum Gasteiger partial charge on any atom is -0.484 e. The largest absolute Gasteiger partial charge is 0.484 e. The lowest BCUT2D eigenvalue weighted by molar-refractivity contribution is -0.133. The number of rotatable bonds is 16. The highest BCUT2D eigenvalue weighted by molar-refractivity contribution is 7.15. The van der Waals surface area contributed by atoms with Crippen LogP contribution in [0.3, 0.4) is 0 Å². The van der Waals surface area contributed by atoms with E-state index in [-0.39, 0.29) is 30.7 Å². The van der Waals surface area contributed by atoms with Crippen molar-refractivity contribution in [1.29, 1.82) is 0 Å². The smallest absolute Gasteiger partial charge is 0.260 e. The molecule has 2 aromatic heterocycles. The predicted molar refractivity (Wildman–Crippen MR) is 170 cm³/mol. The Morgan fingerprint density at radius 3 is 2.25 bits per heavy atom. The van der Waals surface area contributed by atoms with Crippen molar-refractivity contribution in [1.82, 2.24) is 25.3 Å². The number of aryl methyl sites for hydroxylation is 2. The molecule has 12 heteroatoms. The molecule has 2 aromatic carbocycles. The third-order valence-electron chi connectivity index (χ3n) is 6.72. The molecule has 230 valence electrons. The van der Waals surface area contributed by atoms with Crippen LogP contribution in [-0.4, -0.2) is 62.7 Å². The number of hydrogen-bond acceptors (Lipinski definition) is 9. The van der Waals surface area contributed by atoms with E-state index in [2.05, 4.69) is 31.0 Å². The number of hydrogen-bond donors (Lipinski definition) is 2. The van der Waals surface area contributed by atoms with E-state index in [9.17, 15) is 14.4 Å². The van der Waals surface area contributed by atoms with Gasteiger partial charge < -0.3 is 20.3 Å². The average Bonchev–Trinajstić information content (AvgIpc) is 3.47. The molecule has 0 atom stereocenters. The van der Waals surface area contributed by atoms with Crippen molar-refractivity contribution < 1.29 is 19.1 Å². The van der Waals surface area contributed by atoms with E-state index in [1.165, 1.54) is 11.3 Å². The zero-order chi connectivity index (χ0) is 31.1. The summed E-state index contributed by atoms with van der Waals surface area (Å²) < 4.78 is 5.64. The van der Waals surface area contributed by atoms with Gasteiger partial charge in [0.1, 0.15) is 10.8 Å². The molecule has 4 rings (SSSR count). The summed E-state index contributed by atoms with van der Waals surface area (Å²) in [6.45, 7) is 5.08. The van der Waals surface area contributed by atoms with Crippen molar-refractivity contribution in [2.45, 2.75) is 52.4 Å². The minimum absolute atomic E-state index is 0.0441. The highest BCUT2D eigenvalue weighted by Crippen LogP contribution is 2.19. The summed E-state index contributed by atoms with van der Waals surface area (Å²) in [4.78, 5) is 38.7. The Morgan fingerprint density at radius 1 is 0.773 bits per heavy atom. The second-order valence-corrected chi connectivity index (χ2v) is 11.1. The number of anilines is 2. The van der Waals surface area contributed by atoms with Gasteiger partial charge in [0.2, 0.25) is 16.9 Å². The van der Waals surface area contributed by atoms with E-state index in [1.54, 1.807) is 29.2 Å². The molecule has 11 nitrogen and oxygen atoms in total. The minimum atomic E-state index is -0.226. The van der Waals surface area contributed by atoms with E-state index < -0.39 is 0 Å². The lowest BCUT2D eigenvalue weighted by Crippen LogP contribution is -2.34. The van der Waals surface area contributed by atoms with Crippen LogP contribution in [0.2, 0.25) is 0 Å². The lowest BCUT2D eigenvalue weighted by atomic mass is 10.1. The van der Waals surface area contributed by atoms with Crippen LogP contribution in [0.5, 0.6) is 5.75 Å². The summed E-state index contributed by atoms with van der Waals surface area (Å²) in [7, 11) is 0. The molecule has 0 radical (unpaired) electrons. The van der Waals surface area contributed by atoms with Gasteiger partial charge in [-0.25, -0.2) is 0 Å². The summed E-state index contributed by atoms with van der Waals surface area (Å²) in [5.74, 6) is 0.504. The number of benzene rings is 2. The molecule has 44 heavy (non-hydrogen) atoms. The van der Waals surface area contributed by atoms with Gasteiger partial charge in [-0.1, -0.05) is 53.8 Å². The summed E-state index contributed by atoms with van der Waals surface area (Å²) in [6, 6.07) is 20.3. The molecular formula is C32H37N7O4S. The molecule has 0 saturated carbocycles. The second kappa shape index (κ2) is 16.8. The molecule has 4 aromatic rings. The highest BCUT2D eigenvalue weighted by Gasteiger charge is 2.12. The average molecular weight is 616 g/mol. The fraction of sp³-hybridized carbons (Fsp3) is 0.344. The van der Waals surface area contributed by atoms with Crippen LogP contribution >= 0.6 is 11.3 Å².